The van der Waals surface area contributed by atoms with E-state index >= 15 is 0 Å². The maximum Gasteiger partial charge on any atom is 0.304 e. The summed E-state index contributed by atoms with van der Waals surface area (Å²) >= 11 is 0. The lowest BCUT2D eigenvalue weighted by molar-refractivity contribution is -0.137. The van der Waals surface area contributed by atoms with Gasteiger partial charge < -0.3 is 15.7 Å². The lowest BCUT2D eigenvalue weighted by Gasteiger charge is -2.20. The van der Waals surface area contributed by atoms with Crippen molar-refractivity contribution in [1.82, 2.24) is 4.90 Å². The molecule has 90 valence electrons. The Labute approximate surface area is 92.4 Å². The van der Waals surface area contributed by atoms with E-state index in [-0.39, 0.29) is 12.5 Å². The second-order valence-corrected chi connectivity index (χ2v) is 4.66. The highest BCUT2D eigenvalue weighted by molar-refractivity contribution is 5.67. The van der Waals surface area contributed by atoms with Crippen LogP contribution < -0.4 is 5.73 Å². The van der Waals surface area contributed by atoms with Crippen molar-refractivity contribution >= 4 is 5.97 Å². The van der Waals surface area contributed by atoms with Crippen LogP contribution in [-0.2, 0) is 4.79 Å². The van der Waals surface area contributed by atoms with Crippen molar-refractivity contribution in [3.05, 3.63) is 0 Å². The number of carbonyl (C=O) groups is 1. The molecule has 4 nitrogen and oxygen atoms in total. The molecule has 1 atom stereocenters. The number of rotatable bonds is 8. The Morgan fingerprint density at radius 1 is 1.47 bits per heavy atom. The quantitative estimate of drug-likeness (QED) is 0.639. The van der Waals surface area contributed by atoms with Gasteiger partial charge in [-0.05, 0) is 32.4 Å². The first-order valence-corrected chi connectivity index (χ1v) is 5.57. The van der Waals surface area contributed by atoms with E-state index in [0.717, 1.165) is 18.9 Å². The molecule has 0 saturated heterocycles. The van der Waals surface area contributed by atoms with Crippen LogP contribution in [0.25, 0.3) is 0 Å². The summed E-state index contributed by atoms with van der Waals surface area (Å²) in [5.41, 5.74) is 5.68. The van der Waals surface area contributed by atoms with Crippen molar-refractivity contribution in [1.29, 1.82) is 0 Å². The minimum absolute atomic E-state index is 0.0501. The highest BCUT2D eigenvalue weighted by Gasteiger charge is 2.10. The van der Waals surface area contributed by atoms with Gasteiger partial charge in [0.2, 0.25) is 0 Å². The SMILES string of the molecule is CC(C)CCCN(C)CC(N)CC(=O)O. The van der Waals surface area contributed by atoms with E-state index in [0.29, 0.717) is 6.54 Å². The lowest BCUT2D eigenvalue weighted by Crippen LogP contribution is -2.37. The molecule has 0 spiro atoms. The average molecular weight is 216 g/mol. The van der Waals surface area contributed by atoms with E-state index in [1.807, 2.05) is 7.05 Å². The van der Waals surface area contributed by atoms with Crippen molar-refractivity contribution in [3.63, 3.8) is 0 Å². The third kappa shape index (κ3) is 9.69. The fourth-order valence-corrected chi connectivity index (χ4v) is 1.55. The molecule has 0 bridgehead atoms. The number of hydrogen-bond acceptors (Lipinski definition) is 3. The van der Waals surface area contributed by atoms with E-state index < -0.39 is 5.97 Å². The third-order valence-electron chi connectivity index (χ3n) is 2.30. The van der Waals surface area contributed by atoms with Gasteiger partial charge in [0.1, 0.15) is 0 Å². The van der Waals surface area contributed by atoms with Gasteiger partial charge in [0.05, 0.1) is 6.42 Å². The maximum atomic E-state index is 10.4. The van der Waals surface area contributed by atoms with E-state index in [2.05, 4.69) is 18.7 Å². The molecule has 0 heterocycles. The molecule has 0 fully saturated rings. The van der Waals surface area contributed by atoms with Gasteiger partial charge in [0, 0.05) is 12.6 Å². The van der Waals surface area contributed by atoms with Crippen molar-refractivity contribution in [2.45, 2.75) is 39.2 Å². The van der Waals surface area contributed by atoms with E-state index in [9.17, 15) is 4.79 Å². The van der Waals surface area contributed by atoms with Crippen molar-refractivity contribution < 1.29 is 9.90 Å². The molecule has 0 aromatic carbocycles. The topological polar surface area (TPSA) is 66.6 Å². The predicted octanol–water partition coefficient (Wildman–Crippen LogP) is 1.16. The smallest absolute Gasteiger partial charge is 0.304 e. The van der Waals surface area contributed by atoms with Gasteiger partial charge in [-0.2, -0.15) is 0 Å². The van der Waals surface area contributed by atoms with Crippen LogP contribution in [-0.4, -0.2) is 42.2 Å². The predicted molar refractivity (Wildman–Crippen MR) is 61.8 cm³/mol. The van der Waals surface area contributed by atoms with Crippen molar-refractivity contribution in [3.8, 4) is 0 Å². The number of hydrogen-bond donors (Lipinski definition) is 2. The second kappa shape index (κ2) is 7.65. The molecule has 0 aliphatic heterocycles. The second-order valence-electron chi connectivity index (χ2n) is 4.66. The molecule has 0 saturated carbocycles. The first kappa shape index (κ1) is 14.4. The highest BCUT2D eigenvalue weighted by atomic mass is 16.4. The Hall–Kier alpha value is -0.610. The monoisotopic (exact) mass is 216 g/mol. The zero-order valence-electron chi connectivity index (χ0n) is 10.1. The van der Waals surface area contributed by atoms with Crippen LogP contribution >= 0.6 is 0 Å². The van der Waals surface area contributed by atoms with Gasteiger partial charge in [-0.15, -0.1) is 0 Å². The zero-order chi connectivity index (χ0) is 11.8. The Kier molecular flexibility index (Phi) is 7.34. The molecule has 0 aromatic heterocycles. The number of carboxylic acid groups (broad SMARTS) is 1. The van der Waals surface area contributed by atoms with Crippen LogP contribution in [0.1, 0.15) is 33.1 Å². The first-order valence-electron chi connectivity index (χ1n) is 5.57. The van der Waals surface area contributed by atoms with Gasteiger partial charge >= 0.3 is 5.97 Å². The molecule has 0 aliphatic rings. The number of nitrogens with two attached hydrogens (primary N) is 1. The Balaban J connectivity index is 3.55. The average Bonchev–Trinajstić information content (AvgIpc) is 2.00. The minimum atomic E-state index is -0.821. The summed E-state index contributed by atoms with van der Waals surface area (Å²) in [4.78, 5) is 12.5. The molecule has 15 heavy (non-hydrogen) atoms. The van der Waals surface area contributed by atoms with Gasteiger partial charge in [-0.3, -0.25) is 4.79 Å². The number of nitrogens with zero attached hydrogens (tertiary/aromatic N) is 1. The van der Waals surface area contributed by atoms with Crippen LogP contribution in [0.3, 0.4) is 0 Å². The Bertz CT molecular complexity index is 183. The normalized spacial score (nSPS) is 13.5. The molecule has 0 aromatic rings. The first-order chi connectivity index (χ1) is 6.91. The summed E-state index contributed by atoms with van der Waals surface area (Å²) in [7, 11) is 1.99. The van der Waals surface area contributed by atoms with Crippen LogP contribution in [0, 0.1) is 5.92 Å². The Morgan fingerprint density at radius 2 is 2.07 bits per heavy atom. The van der Waals surface area contributed by atoms with Gasteiger partial charge in [0.15, 0.2) is 0 Å². The summed E-state index contributed by atoms with van der Waals surface area (Å²) in [6.07, 6.45) is 2.40. The summed E-state index contributed by atoms with van der Waals surface area (Å²) in [6.45, 7) is 6.06. The highest BCUT2D eigenvalue weighted by Crippen LogP contribution is 2.04. The number of carboxylic acids is 1. The third-order valence-corrected chi connectivity index (χ3v) is 2.30. The summed E-state index contributed by atoms with van der Waals surface area (Å²) < 4.78 is 0. The molecular weight excluding hydrogens is 192 g/mol. The molecule has 3 N–H and O–H groups in total. The van der Waals surface area contributed by atoms with E-state index in [1.165, 1.54) is 6.42 Å². The van der Waals surface area contributed by atoms with Crippen LogP contribution in [0.4, 0.5) is 0 Å². The molecule has 1 unspecified atom stereocenters. The van der Waals surface area contributed by atoms with Crippen LogP contribution in [0.2, 0.25) is 0 Å². The number of aliphatic carboxylic acids is 1. The maximum absolute atomic E-state index is 10.4. The van der Waals surface area contributed by atoms with Crippen molar-refractivity contribution in [2.75, 3.05) is 20.1 Å². The van der Waals surface area contributed by atoms with Crippen molar-refractivity contribution in [2.24, 2.45) is 11.7 Å². The molecule has 4 heteroatoms. The minimum Gasteiger partial charge on any atom is -0.481 e. The summed E-state index contributed by atoms with van der Waals surface area (Å²) in [5.74, 6) is -0.0934. The van der Waals surface area contributed by atoms with Crippen LogP contribution in [0.15, 0.2) is 0 Å². The van der Waals surface area contributed by atoms with E-state index in [1.54, 1.807) is 0 Å². The fourth-order valence-electron chi connectivity index (χ4n) is 1.55. The summed E-state index contributed by atoms with van der Waals surface area (Å²) in [5, 5.41) is 8.55. The van der Waals surface area contributed by atoms with Crippen LogP contribution in [0.5, 0.6) is 0 Å². The molecule has 0 amide bonds. The Morgan fingerprint density at radius 3 is 2.53 bits per heavy atom. The number of likely N-dealkylation sites (N-methyl/N-ethyl adjacent to an activating group) is 1. The lowest BCUT2D eigenvalue weighted by atomic mass is 10.1. The zero-order valence-corrected chi connectivity index (χ0v) is 10.1. The molecule has 0 rings (SSSR count). The largest absolute Gasteiger partial charge is 0.481 e. The van der Waals surface area contributed by atoms with Gasteiger partial charge in [-0.25, -0.2) is 0 Å². The molecular formula is C11H24N2O2. The van der Waals surface area contributed by atoms with E-state index in [4.69, 9.17) is 10.8 Å². The molecule has 0 radical (unpaired) electrons. The molecule has 0 aliphatic carbocycles. The fraction of sp³-hybridized carbons (Fsp3) is 0.909. The van der Waals surface area contributed by atoms with Gasteiger partial charge in [0.25, 0.3) is 0 Å². The standard InChI is InChI=1S/C11H24N2O2/c1-9(2)5-4-6-13(3)8-10(12)7-11(14)15/h9-10H,4-8,12H2,1-3H3,(H,14,15). The van der Waals surface area contributed by atoms with Gasteiger partial charge in [-0.1, -0.05) is 13.8 Å². The summed E-state index contributed by atoms with van der Waals surface area (Å²) in [6, 6.07) is -0.258.